The summed E-state index contributed by atoms with van der Waals surface area (Å²) in [5.74, 6) is 0.808. The average molecular weight is 196 g/mol. The highest BCUT2D eigenvalue weighted by Gasteiger charge is 2.25. The van der Waals surface area contributed by atoms with Crippen LogP contribution >= 0.6 is 0 Å². The van der Waals surface area contributed by atoms with Gasteiger partial charge in [-0.2, -0.15) is 0 Å². The summed E-state index contributed by atoms with van der Waals surface area (Å²) in [5.41, 5.74) is 5.82. The monoisotopic (exact) mass is 196 g/mol. The summed E-state index contributed by atoms with van der Waals surface area (Å²) in [5, 5.41) is 0. The van der Waals surface area contributed by atoms with Crippen LogP contribution in [0.25, 0.3) is 0 Å². The molecule has 2 rings (SSSR count). The van der Waals surface area contributed by atoms with Crippen molar-refractivity contribution in [1.29, 1.82) is 0 Å². The molecular formula is C12H24N2. The molecule has 0 spiro atoms. The van der Waals surface area contributed by atoms with E-state index in [1.165, 1.54) is 58.0 Å². The van der Waals surface area contributed by atoms with E-state index in [2.05, 4.69) is 4.90 Å². The first kappa shape index (κ1) is 10.4. The Kier molecular flexibility index (Phi) is 3.82. The van der Waals surface area contributed by atoms with E-state index in [0.29, 0.717) is 0 Å². The van der Waals surface area contributed by atoms with Gasteiger partial charge in [-0.15, -0.1) is 0 Å². The van der Waals surface area contributed by atoms with Gasteiger partial charge in [-0.3, -0.25) is 0 Å². The van der Waals surface area contributed by atoms with Gasteiger partial charge in [0.1, 0.15) is 0 Å². The number of likely N-dealkylation sites (tertiary alicyclic amines) is 1. The van der Waals surface area contributed by atoms with Crippen molar-refractivity contribution < 1.29 is 0 Å². The zero-order chi connectivity index (χ0) is 9.80. The van der Waals surface area contributed by atoms with E-state index >= 15 is 0 Å². The van der Waals surface area contributed by atoms with E-state index in [1.54, 1.807) is 0 Å². The standard InChI is InChI=1S/C12H24N2/c13-10-11-5-1-2-6-12(9-11)14-7-3-4-8-14/h11-12H,1-10,13H2. The summed E-state index contributed by atoms with van der Waals surface area (Å²) >= 11 is 0. The Labute approximate surface area is 87.8 Å². The van der Waals surface area contributed by atoms with Crippen LogP contribution in [0.1, 0.15) is 44.9 Å². The zero-order valence-corrected chi connectivity index (χ0v) is 9.25. The summed E-state index contributed by atoms with van der Waals surface area (Å²) in [4.78, 5) is 2.72. The lowest BCUT2D eigenvalue weighted by atomic mass is 9.97. The molecule has 0 aromatic rings. The molecule has 2 aliphatic rings. The topological polar surface area (TPSA) is 29.3 Å². The lowest BCUT2D eigenvalue weighted by molar-refractivity contribution is 0.204. The van der Waals surface area contributed by atoms with E-state index in [-0.39, 0.29) is 0 Å². The molecule has 2 fully saturated rings. The van der Waals surface area contributed by atoms with Crippen LogP contribution in [0.4, 0.5) is 0 Å². The van der Waals surface area contributed by atoms with Crippen molar-refractivity contribution in [3.63, 3.8) is 0 Å². The fourth-order valence-corrected chi connectivity index (χ4v) is 3.09. The van der Waals surface area contributed by atoms with Gasteiger partial charge in [-0.25, -0.2) is 0 Å². The Balaban J connectivity index is 1.88. The Morgan fingerprint density at radius 1 is 1.00 bits per heavy atom. The van der Waals surface area contributed by atoms with E-state index in [4.69, 9.17) is 5.73 Å². The molecule has 2 atom stereocenters. The quantitative estimate of drug-likeness (QED) is 0.684. The molecule has 1 saturated heterocycles. The average Bonchev–Trinajstić information content (AvgIpc) is 2.63. The molecule has 2 N–H and O–H groups in total. The third-order valence-corrected chi connectivity index (χ3v) is 4.00. The highest BCUT2D eigenvalue weighted by Crippen LogP contribution is 2.27. The van der Waals surface area contributed by atoms with Crippen LogP contribution in [0.15, 0.2) is 0 Å². The van der Waals surface area contributed by atoms with Gasteiger partial charge >= 0.3 is 0 Å². The molecule has 1 aliphatic carbocycles. The molecule has 0 bridgehead atoms. The number of rotatable bonds is 2. The van der Waals surface area contributed by atoms with Crippen LogP contribution in [0.5, 0.6) is 0 Å². The van der Waals surface area contributed by atoms with Gasteiger partial charge in [0, 0.05) is 6.04 Å². The minimum atomic E-state index is 0.808. The van der Waals surface area contributed by atoms with Crippen LogP contribution in [-0.4, -0.2) is 30.6 Å². The van der Waals surface area contributed by atoms with Crippen molar-refractivity contribution in [1.82, 2.24) is 4.90 Å². The summed E-state index contributed by atoms with van der Waals surface area (Å²) in [6.07, 6.45) is 9.85. The van der Waals surface area contributed by atoms with Crippen molar-refractivity contribution in [3.05, 3.63) is 0 Å². The van der Waals surface area contributed by atoms with E-state index in [1.807, 2.05) is 0 Å². The van der Waals surface area contributed by atoms with Crippen molar-refractivity contribution in [2.75, 3.05) is 19.6 Å². The van der Waals surface area contributed by atoms with Gasteiger partial charge in [0.25, 0.3) is 0 Å². The van der Waals surface area contributed by atoms with Crippen LogP contribution in [-0.2, 0) is 0 Å². The Hall–Kier alpha value is -0.0800. The van der Waals surface area contributed by atoms with E-state index in [9.17, 15) is 0 Å². The molecular weight excluding hydrogens is 172 g/mol. The molecule has 1 saturated carbocycles. The molecule has 0 radical (unpaired) electrons. The van der Waals surface area contributed by atoms with Crippen LogP contribution in [0, 0.1) is 5.92 Å². The first-order valence-electron chi connectivity index (χ1n) is 6.34. The van der Waals surface area contributed by atoms with Crippen LogP contribution < -0.4 is 5.73 Å². The normalized spacial score (nSPS) is 35.8. The summed E-state index contributed by atoms with van der Waals surface area (Å²) in [6, 6.07) is 0.869. The van der Waals surface area contributed by atoms with Crippen molar-refractivity contribution in [3.8, 4) is 0 Å². The first-order chi connectivity index (χ1) is 6.90. The second-order valence-electron chi connectivity index (χ2n) is 5.02. The highest BCUT2D eigenvalue weighted by molar-refractivity contribution is 4.81. The SMILES string of the molecule is NCC1CCCCC(N2CCCC2)C1. The highest BCUT2D eigenvalue weighted by atomic mass is 15.2. The minimum absolute atomic E-state index is 0.808. The molecule has 1 aliphatic heterocycles. The summed E-state index contributed by atoms with van der Waals surface area (Å²) < 4.78 is 0. The third-order valence-electron chi connectivity index (χ3n) is 4.00. The van der Waals surface area contributed by atoms with Gasteiger partial charge in [0.05, 0.1) is 0 Å². The predicted molar refractivity (Wildman–Crippen MR) is 60.2 cm³/mol. The summed E-state index contributed by atoms with van der Waals surface area (Å²) in [7, 11) is 0. The molecule has 2 nitrogen and oxygen atoms in total. The predicted octanol–water partition coefficient (Wildman–Crippen LogP) is 1.99. The van der Waals surface area contributed by atoms with Gasteiger partial charge in [-0.05, 0) is 57.7 Å². The molecule has 2 heteroatoms. The molecule has 1 heterocycles. The third kappa shape index (κ3) is 2.48. The summed E-state index contributed by atoms with van der Waals surface area (Å²) in [6.45, 7) is 3.61. The largest absolute Gasteiger partial charge is 0.330 e. The van der Waals surface area contributed by atoms with Crippen LogP contribution in [0.3, 0.4) is 0 Å². The number of hydrogen-bond donors (Lipinski definition) is 1. The molecule has 0 amide bonds. The Morgan fingerprint density at radius 2 is 1.71 bits per heavy atom. The van der Waals surface area contributed by atoms with E-state index < -0.39 is 0 Å². The molecule has 0 aromatic carbocycles. The Bertz CT molecular complexity index is 164. The Morgan fingerprint density at radius 3 is 2.43 bits per heavy atom. The maximum Gasteiger partial charge on any atom is 0.00983 e. The molecule has 2 unspecified atom stereocenters. The van der Waals surface area contributed by atoms with Gasteiger partial charge in [0.2, 0.25) is 0 Å². The van der Waals surface area contributed by atoms with Gasteiger partial charge in [0.15, 0.2) is 0 Å². The zero-order valence-electron chi connectivity index (χ0n) is 9.25. The fourth-order valence-electron chi connectivity index (χ4n) is 3.09. The fraction of sp³-hybridized carbons (Fsp3) is 1.00. The second kappa shape index (κ2) is 5.13. The lowest BCUT2D eigenvalue weighted by Crippen LogP contribution is -2.34. The molecule has 0 aromatic heterocycles. The number of nitrogens with zero attached hydrogens (tertiary/aromatic N) is 1. The van der Waals surface area contributed by atoms with E-state index in [0.717, 1.165) is 18.5 Å². The second-order valence-corrected chi connectivity index (χ2v) is 5.02. The van der Waals surface area contributed by atoms with Gasteiger partial charge < -0.3 is 10.6 Å². The lowest BCUT2D eigenvalue weighted by Gasteiger charge is -2.28. The van der Waals surface area contributed by atoms with Gasteiger partial charge in [-0.1, -0.05) is 12.8 Å². The van der Waals surface area contributed by atoms with Crippen molar-refractivity contribution in [2.45, 2.75) is 51.0 Å². The van der Waals surface area contributed by atoms with Crippen LogP contribution in [0.2, 0.25) is 0 Å². The smallest absolute Gasteiger partial charge is 0.00983 e. The maximum absolute atomic E-state index is 5.82. The minimum Gasteiger partial charge on any atom is -0.330 e. The first-order valence-corrected chi connectivity index (χ1v) is 6.34. The maximum atomic E-state index is 5.82. The molecule has 14 heavy (non-hydrogen) atoms. The number of nitrogens with two attached hydrogens (primary N) is 1. The number of hydrogen-bond acceptors (Lipinski definition) is 2. The van der Waals surface area contributed by atoms with Crippen molar-refractivity contribution in [2.24, 2.45) is 11.7 Å². The van der Waals surface area contributed by atoms with Crippen molar-refractivity contribution >= 4 is 0 Å². The molecule has 82 valence electrons.